The van der Waals surface area contributed by atoms with E-state index in [4.69, 9.17) is 11.6 Å². The summed E-state index contributed by atoms with van der Waals surface area (Å²) >= 11 is 5.89. The number of carbonyl (C=O) groups is 1. The molecule has 3 rings (SSSR count). The number of aliphatic hydroxyl groups excluding tert-OH is 1. The molecule has 1 aromatic carbocycles. The maximum atomic E-state index is 12.7. The lowest BCUT2D eigenvalue weighted by Gasteiger charge is -2.37. The third-order valence-corrected chi connectivity index (χ3v) is 4.70. The predicted octanol–water partition coefficient (Wildman–Crippen LogP) is 2.96. The second-order valence-electron chi connectivity index (χ2n) is 6.11. The van der Waals surface area contributed by atoms with Crippen molar-refractivity contribution in [3.8, 4) is 11.3 Å². The zero-order chi connectivity index (χ0) is 16.4. The fraction of sp³-hybridized carbons (Fsp3) is 0.412. The Morgan fingerprint density at radius 3 is 2.83 bits per heavy atom. The van der Waals surface area contributed by atoms with Crippen LogP contribution in [-0.4, -0.2) is 45.3 Å². The van der Waals surface area contributed by atoms with Gasteiger partial charge in [-0.1, -0.05) is 23.7 Å². The molecule has 1 aromatic heterocycles. The van der Waals surface area contributed by atoms with Crippen LogP contribution in [0, 0.1) is 5.92 Å². The topological polar surface area (TPSA) is 69.2 Å². The van der Waals surface area contributed by atoms with Gasteiger partial charge in [0.1, 0.15) is 5.69 Å². The second kappa shape index (κ2) is 6.72. The van der Waals surface area contributed by atoms with E-state index in [0.717, 1.165) is 18.4 Å². The van der Waals surface area contributed by atoms with Crippen LogP contribution in [-0.2, 0) is 0 Å². The fourth-order valence-electron chi connectivity index (χ4n) is 2.97. The normalized spacial score (nSPS) is 21.4. The van der Waals surface area contributed by atoms with E-state index >= 15 is 0 Å². The van der Waals surface area contributed by atoms with Crippen LogP contribution in [0.25, 0.3) is 11.3 Å². The standard InChI is InChI=1S/C17H20ClN3O2/c1-11-2-3-12(10-22)9-21(11)17(23)16-8-15(19-20-16)13-4-6-14(18)7-5-13/h4-8,11-12,22H,2-3,9-10H2,1H3,(H,19,20). The first-order chi connectivity index (χ1) is 11.1. The van der Waals surface area contributed by atoms with Gasteiger partial charge in [0.05, 0.1) is 5.69 Å². The minimum Gasteiger partial charge on any atom is -0.396 e. The number of aromatic nitrogens is 2. The number of carbonyl (C=O) groups excluding carboxylic acids is 1. The van der Waals surface area contributed by atoms with Gasteiger partial charge in [-0.25, -0.2) is 0 Å². The van der Waals surface area contributed by atoms with Crippen molar-refractivity contribution in [1.82, 2.24) is 15.1 Å². The van der Waals surface area contributed by atoms with Gasteiger partial charge in [-0.2, -0.15) is 5.10 Å². The summed E-state index contributed by atoms with van der Waals surface area (Å²) in [7, 11) is 0. The van der Waals surface area contributed by atoms with Crippen molar-refractivity contribution in [2.24, 2.45) is 5.92 Å². The number of likely N-dealkylation sites (tertiary alicyclic amines) is 1. The van der Waals surface area contributed by atoms with E-state index in [1.165, 1.54) is 0 Å². The molecule has 6 heteroatoms. The lowest BCUT2D eigenvalue weighted by molar-refractivity contribution is 0.0483. The molecule has 2 unspecified atom stereocenters. The first-order valence-electron chi connectivity index (χ1n) is 7.81. The quantitative estimate of drug-likeness (QED) is 0.907. The van der Waals surface area contributed by atoms with Crippen LogP contribution in [0.5, 0.6) is 0 Å². The Balaban J connectivity index is 1.79. The SMILES string of the molecule is CC1CCC(CO)CN1C(=O)c1cc(-c2ccc(Cl)cc2)n[nH]1. The fourth-order valence-corrected chi connectivity index (χ4v) is 3.09. The number of amides is 1. The zero-order valence-corrected chi connectivity index (χ0v) is 13.8. The van der Waals surface area contributed by atoms with Crippen molar-refractivity contribution in [2.75, 3.05) is 13.2 Å². The van der Waals surface area contributed by atoms with Crippen LogP contribution in [0.1, 0.15) is 30.3 Å². The highest BCUT2D eigenvalue weighted by Crippen LogP contribution is 2.25. The number of aromatic amines is 1. The van der Waals surface area contributed by atoms with Gasteiger partial charge in [0.25, 0.3) is 5.91 Å². The summed E-state index contributed by atoms with van der Waals surface area (Å²) in [6, 6.07) is 9.28. The van der Waals surface area contributed by atoms with Crippen LogP contribution in [0.15, 0.2) is 30.3 Å². The summed E-state index contributed by atoms with van der Waals surface area (Å²) in [6.07, 6.45) is 1.87. The maximum absolute atomic E-state index is 12.7. The van der Waals surface area contributed by atoms with Gasteiger partial charge in [0.15, 0.2) is 0 Å². The number of nitrogens with one attached hydrogen (secondary N) is 1. The molecule has 0 spiro atoms. The van der Waals surface area contributed by atoms with Crippen molar-refractivity contribution in [1.29, 1.82) is 0 Å². The van der Waals surface area contributed by atoms with Gasteiger partial charge in [0.2, 0.25) is 0 Å². The summed E-state index contributed by atoms with van der Waals surface area (Å²) in [4.78, 5) is 14.5. The average molecular weight is 334 g/mol. The van der Waals surface area contributed by atoms with Crippen molar-refractivity contribution in [3.05, 3.63) is 41.0 Å². The maximum Gasteiger partial charge on any atom is 0.272 e. The molecule has 0 bridgehead atoms. The molecule has 2 heterocycles. The summed E-state index contributed by atoms with van der Waals surface area (Å²) < 4.78 is 0. The molecule has 0 saturated carbocycles. The lowest BCUT2D eigenvalue weighted by atomic mass is 9.94. The van der Waals surface area contributed by atoms with E-state index in [1.807, 2.05) is 24.0 Å². The number of piperidine rings is 1. The van der Waals surface area contributed by atoms with Gasteiger partial charge in [0, 0.05) is 29.8 Å². The van der Waals surface area contributed by atoms with Crippen LogP contribution in [0.3, 0.4) is 0 Å². The molecule has 122 valence electrons. The third-order valence-electron chi connectivity index (χ3n) is 4.45. The summed E-state index contributed by atoms with van der Waals surface area (Å²) in [6.45, 7) is 2.75. The van der Waals surface area contributed by atoms with E-state index in [0.29, 0.717) is 23.0 Å². The van der Waals surface area contributed by atoms with Crippen LogP contribution >= 0.6 is 11.6 Å². The van der Waals surface area contributed by atoms with Gasteiger partial charge in [-0.3, -0.25) is 9.89 Å². The Hall–Kier alpha value is -1.85. The summed E-state index contributed by atoms with van der Waals surface area (Å²) in [5.41, 5.74) is 2.10. The van der Waals surface area contributed by atoms with E-state index in [2.05, 4.69) is 10.2 Å². The van der Waals surface area contributed by atoms with E-state index < -0.39 is 0 Å². The van der Waals surface area contributed by atoms with Crippen molar-refractivity contribution >= 4 is 17.5 Å². The Kier molecular flexibility index (Phi) is 4.68. The van der Waals surface area contributed by atoms with Gasteiger partial charge < -0.3 is 10.0 Å². The van der Waals surface area contributed by atoms with Crippen molar-refractivity contribution < 1.29 is 9.90 Å². The number of halogens is 1. The minimum absolute atomic E-state index is 0.0663. The first kappa shape index (κ1) is 16.0. The van der Waals surface area contributed by atoms with Crippen LogP contribution in [0.4, 0.5) is 0 Å². The highest BCUT2D eigenvalue weighted by atomic mass is 35.5. The molecule has 1 aliphatic rings. The van der Waals surface area contributed by atoms with E-state index in [-0.39, 0.29) is 24.5 Å². The van der Waals surface area contributed by atoms with Gasteiger partial charge in [-0.15, -0.1) is 0 Å². The van der Waals surface area contributed by atoms with E-state index in [1.54, 1.807) is 18.2 Å². The highest BCUT2D eigenvalue weighted by molar-refractivity contribution is 6.30. The Bertz CT molecular complexity index is 683. The Labute approximate surface area is 140 Å². The first-order valence-corrected chi connectivity index (χ1v) is 8.19. The molecule has 2 aromatic rings. The van der Waals surface area contributed by atoms with Crippen LogP contribution < -0.4 is 0 Å². The number of H-pyrrole nitrogens is 1. The molecule has 1 saturated heterocycles. The average Bonchev–Trinajstić information content (AvgIpc) is 3.05. The number of benzene rings is 1. The Morgan fingerprint density at radius 1 is 1.39 bits per heavy atom. The number of nitrogens with zero attached hydrogens (tertiary/aromatic N) is 2. The summed E-state index contributed by atoms with van der Waals surface area (Å²) in [5, 5.41) is 17.1. The van der Waals surface area contributed by atoms with Crippen molar-refractivity contribution in [3.63, 3.8) is 0 Å². The molecular formula is C17H20ClN3O2. The van der Waals surface area contributed by atoms with Gasteiger partial charge in [-0.05, 0) is 43.9 Å². The number of hydrogen-bond acceptors (Lipinski definition) is 3. The van der Waals surface area contributed by atoms with Crippen LogP contribution in [0.2, 0.25) is 5.02 Å². The number of hydrogen-bond donors (Lipinski definition) is 2. The predicted molar refractivity (Wildman–Crippen MR) is 89.3 cm³/mol. The molecule has 5 nitrogen and oxygen atoms in total. The Morgan fingerprint density at radius 2 is 2.13 bits per heavy atom. The zero-order valence-electron chi connectivity index (χ0n) is 13.0. The molecule has 23 heavy (non-hydrogen) atoms. The smallest absolute Gasteiger partial charge is 0.272 e. The molecule has 1 fully saturated rings. The molecule has 1 amide bonds. The monoisotopic (exact) mass is 333 g/mol. The minimum atomic E-state index is -0.0663. The highest BCUT2D eigenvalue weighted by Gasteiger charge is 2.30. The molecule has 2 N–H and O–H groups in total. The molecule has 0 radical (unpaired) electrons. The molecule has 0 aliphatic carbocycles. The lowest BCUT2D eigenvalue weighted by Crippen LogP contribution is -2.46. The molecule has 2 atom stereocenters. The number of rotatable bonds is 3. The largest absolute Gasteiger partial charge is 0.396 e. The van der Waals surface area contributed by atoms with E-state index in [9.17, 15) is 9.90 Å². The second-order valence-corrected chi connectivity index (χ2v) is 6.54. The molecule has 1 aliphatic heterocycles. The van der Waals surface area contributed by atoms with Gasteiger partial charge >= 0.3 is 0 Å². The third kappa shape index (κ3) is 3.41. The van der Waals surface area contributed by atoms with Crippen molar-refractivity contribution in [2.45, 2.75) is 25.8 Å². The summed E-state index contributed by atoms with van der Waals surface area (Å²) in [5.74, 6) is 0.0946. The molecular weight excluding hydrogens is 314 g/mol. The number of aliphatic hydroxyl groups is 1.